The van der Waals surface area contributed by atoms with Crippen molar-refractivity contribution in [1.82, 2.24) is 4.90 Å². The molecule has 2 N–H and O–H groups in total. The normalized spacial score (nSPS) is 15.7. The second kappa shape index (κ2) is 3.32. The summed E-state index contributed by atoms with van der Waals surface area (Å²) in [5.74, 6) is 0. The van der Waals surface area contributed by atoms with Gasteiger partial charge in [0.15, 0.2) is 0 Å². The zero-order chi connectivity index (χ0) is 8.36. The van der Waals surface area contributed by atoms with Crippen LogP contribution in [0.3, 0.4) is 0 Å². The highest BCUT2D eigenvalue weighted by molar-refractivity contribution is 7.89. The first-order valence-electron chi connectivity index (χ1n) is 3.00. The lowest BCUT2D eigenvalue weighted by molar-refractivity contribution is 0.406. The minimum atomic E-state index is -3.34. The van der Waals surface area contributed by atoms with Crippen molar-refractivity contribution in [3.63, 3.8) is 0 Å². The Hall–Kier alpha value is -0.130. The number of hydrogen-bond acceptors (Lipinski definition) is 3. The van der Waals surface area contributed by atoms with Crippen LogP contribution in [0.4, 0.5) is 0 Å². The molecule has 0 radical (unpaired) electrons. The second-order valence-electron chi connectivity index (χ2n) is 2.66. The van der Waals surface area contributed by atoms with Crippen molar-refractivity contribution < 1.29 is 8.42 Å². The lowest BCUT2D eigenvalue weighted by atomic mass is 10.4. The lowest BCUT2D eigenvalue weighted by Crippen LogP contribution is -2.34. The average Bonchev–Trinajstić information content (AvgIpc) is 1.60. The zero-order valence-corrected chi connectivity index (χ0v) is 7.35. The number of rotatable bonds is 3. The number of primary sulfonamides is 1. The van der Waals surface area contributed by atoms with E-state index in [1.165, 1.54) is 0 Å². The highest BCUT2D eigenvalue weighted by Crippen LogP contribution is 1.94. The van der Waals surface area contributed by atoms with Gasteiger partial charge in [-0.3, -0.25) is 0 Å². The molecule has 0 aromatic carbocycles. The Labute approximate surface area is 62.1 Å². The van der Waals surface area contributed by atoms with Gasteiger partial charge in [-0.1, -0.05) is 0 Å². The molecule has 0 fully saturated rings. The van der Waals surface area contributed by atoms with Gasteiger partial charge in [-0.2, -0.15) is 0 Å². The molecule has 0 saturated carbocycles. The van der Waals surface area contributed by atoms with E-state index in [1.54, 1.807) is 11.8 Å². The standard InChI is InChI=1S/C5H14N2O2S/c1-5(4-7(2)3)10(6,8)9/h5H,4H2,1-3H3,(H2,6,8,9). The van der Waals surface area contributed by atoms with E-state index in [2.05, 4.69) is 0 Å². The van der Waals surface area contributed by atoms with Crippen LogP contribution < -0.4 is 5.14 Å². The summed E-state index contributed by atoms with van der Waals surface area (Å²) >= 11 is 0. The molecule has 10 heavy (non-hydrogen) atoms. The predicted molar refractivity (Wildman–Crippen MR) is 41.1 cm³/mol. The van der Waals surface area contributed by atoms with E-state index in [9.17, 15) is 8.42 Å². The maximum atomic E-state index is 10.6. The van der Waals surface area contributed by atoms with Gasteiger partial charge in [-0.25, -0.2) is 13.6 Å². The molecule has 0 aromatic heterocycles. The molecule has 1 atom stereocenters. The molecule has 0 amide bonds. The zero-order valence-electron chi connectivity index (χ0n) is 6.53. The van der Waals surface area contributed by atoms with Crippen molar-refractivity contribution in [2.45, 2.75) is 12.2 Å². The Balaban J connectivity index is 3.99. The molecule has 0 rings (SSSR count). The Morgan fingerprint density at radius 2 is 1.90 bits per heavy atom. The summed E-state index contributed by atoms with van der Waals surface area (Å²) in [5, 5.41) is 4.39. The van der Waals surface area contributed by atoms with Gasteiger partial charge in [0.1, 0.15) is 0 Å². The Kier molecular flexibility index (Phi) is 3.27. The molecule has 62 valence electrons. The van der Waals surface area contributed by atoms with E-state index < -0.39 is 15.3 Å². The first kappa shape index (κ1) is 9.87. The highest BCUT2D eigenvalue weighted by atomic mass is 32.2. The molecule has 5 heteroatoms. The molecule has 0 bridgehead atoms. The van der Waals surface area contributed by atoms with Crippen molar-refractivity contribution in [1.29, 1.82) is 0 Å². The first-order chi connectivity index (χ1) is 4.34. The van der Waals surface area contributed by atoms with Crippen LogP contribution in [-0.2, 0) is 10.0 Å². The molecular formula is C5H14N2O2S. The maximum Gasteiger partial charge on any atom is 0.212 e. The van der Waals surface area contributed by atoms with E-state index in [0.29, 0.717) is 6.54 Å². The molecular weight excluding hydrogens is 152 g/mol. The van der Waals surface area contributed by atoms with E-state index in [1.807, 2.05) is 14.1 Å². The van der Waals surface area contributed by atoms with Gasteiger partial charge in [0.2, 0.25) is 10.0 Å². The van der Waals surface area contributed by atoms with Crippen molar-refractivity contribution >= 4 is 10.0 Å². The topological polar surface area (TPSA) is 63.4 Å². The predicted octanol–water partition coefficient (Wildman–Crippen LogP) is -0.775. The molecule has 0 aromatic rings. The number of sulfonamides is 1. The third-order valence-electron chi connectivity index (χ3n) is 1.18. The van der Waals surface area contributed by atoms with Crippen LogP contribution >= 0.6 is 0 Å². The Bertz CT molecular complexity index is 186. The summed E-state index contributed by atoms with van der Waals surface area (Å²) < 4.78 is 21.2. The van der Waals surface area contributed by atoms with Crippen molar-refractivity contribution in [3.8, 4) is 0 Å². The van der Waals surface area contributed by atoms with Gasteiger partial charge >= 0.3 is 0 Å². The van der Waals surface area contributed by atoms with Crippen LogP contribution in [0.5, 0.6) is 0 Å². The summed E-state index contributed by atoms with van der Waals surface area (Å²) in [6, 6.07) is 0. The highest BCUT2D eigenvalue weighted by Gasteiger charge is 2.15. The molecule has 4 nitrogen and oxygen atoms in total. The molecule has 0 spiro atoms. The fourth-order valence-corrected chi connectivity index (χ4v) is 1.12. The molecule has 0 heterocycles. The maximum absolute atomic E-state index is 10.6. The fourth-order valence-electron chi connectivity index (χ4n) is 0.618. The quantitative estimate of drug-likeness (QED) is 0.598. The molecule has 0 aliphatic carbocycles. The van der Waals surface area contributed by atoms with Crippen LogP contribution in [0.15, 0.2) is 0 Å². The van der Waals surface area contributed by atoms with E-state index in [0.717, 1.165) is 0 Å². The Morgan fingerprint density at radius 3 is 2.00 bits per heavy atom. The SMILES string of the molecule is CC(CN(C)C)S(N)(=O)=O. The first-order valence-corrected chi connectivity index (χ1v) is 4.61. The van der Waals surface area contributed by atoms with Crippen LogP contribution in [0.2, 0.25) is 0 Å². The largest absolute Gasteiger partial charge is 0.308 e. The number of nitrogens with two attached hydrogens (primary N) is 1. The van der Waals surface area contributed by atoms with Crippen LogP contribution in [0.1, 0.15) is 6.92 Å². The van der Waals surface area contributed by atoms with E-state index in [4.69, 9.17) is 5.14 Å². The second-order valence-corrected chi connectivity index (χ2v) is 4.64. The van der Waals surface area contributed by atoms with Gasteiger partial charge in [-0.15, -0.1) is 0 Å². The van der Waals surface area contributed by atoms with Crippen LogP contribution in [0.25, 0.3) is 0 Å². The Morgan fingerprint density at radius 1 is 1.50 bits per heavy atom. The van der Waals surface area contributed by atoms with E-state index >= 15 is 0 Å². The lowest BCUT2D eigenvalue weighted by Gasteiger charge is -2.14. The van der Waals surface area contributed by atoms with Gasteiger partial charge in [0.25, 0.3) is 0 Å². The monoisotopic (exact) mass is 166 g/mol. The minimum Gasteiger partial charge on any atom is -0.308 e. The summed E-state index contributed by atoms with van der Waals surface area (Å²) in [5.41, 5.74) is 0. The summed E-state index contributed by atoms with van der Waals surface area (Å²) in [6.07, 6.45) is 0. The third-order valence-corrected chi connectivity index (χ3v) is 2.45. The molecule has 1 unspecified atom stereocenters. The average molecular weight is 166 g/mol. The molecule has 0 aliphatic rings. The van der Waals surface area contributed by atoms with Gasteiger partial charge in [0, 0.05) is 6.54 Å². The summed E-state index contributed by atoms with van der Waals surface area (Å²) in [7, 11) is 0.275. The van der Waals surface area contributed by atoms with Gasteiger partial charge in [0.05, 0.1) is 5.25 Å². The number of nitrogens with zero attached hydrogens (tertiary/aromatic N) is 1. The molecule has 0 saturated heterocycles. The summed E-state index contributed by atoms with van der Waals surface area (Å²) in [4.78, 5) is 1.79. The van der Waals surface area contributed by atoms with Crippen molar-refractivity contribution in [2.75, 3.05) is 20.6 Å². The van der Waals surface area contributed by atoms with Crippen LogP contribution in [-0.4, -0.2) is 39.2 Å². The number of hydrogen-bond donors (Lipinski definition) is 1. The molecule has 0 aliphatic heterocycles. The van der Waals surface area contributed by atoms with Crippen LogP contribution in [0, 0.1) is 0 Å². The van der Waals surface area contributed by atoms with Crippen molar-refractivity contribution in [3.05, 3.63) is 0 Å². The smallest absolute Gasteiger partial charge is 0.212 e. The van der Waals surface area contributed by atoms with Gasteiger partial charge < -0.3 is 4.90 Å². The van der Waals surface area contributed by atoms with Crippen molar-refractivity contribution in [2.24, 2.45) is 5.14 Å². The van der Waals surface area contributed by atoms with Gasteiger partial charge in [-0.05, 0) is 21.0 Å². The minimum absolute atomic E-state index is 0.471. The third kappa shape index (κ3) is 3.81. The van der Waals surface area contributed by atoms with E-state index in [-0.39, 0.29) is 0 Å². The summed E-state index contributed by atoms with van der Waals surface area (Å²) in [6.45, 7) is 2.06. The fraction of sp³-hybridized carbons (Fsp3) is 1.00.